The minimum Gasteiger partial charge on any atom is -0.191 e. The molecule has 1 atom stereocenters. The Labute approximate surface area is 115 Å². The summed E-state index contributed by atoms with van der Waals surface area (Å²) < 4.78 is 41.5. The van der Waals surface area contributed by atoms with E-state index in [1.54, 1.807) is 12.1 Å². The van der Waals surface area contributed by atoms with E-state index in [0.717, 1.165) is 5.56 Å². The summed E-state index contributed by atoms with van der Waals surface area (Å²) in [5.74, 6) is 0. The molecule has 0 heterocycles. The molecule has 0 aliphatic rings. The van der Waals surface area contributed by atoms with Gasteiger partial charge in [0.15, 0.2) is 6.66 Å². The lowest BCUT2D eigenvalue weighted by atomic mass is 10.2. The highest BCUT2D eigenvalue weighted by atomic mass is 32.2. The molecule has 0 spiro atoms. The first-order chi connectivity index (χ1) is 8.83. The van der Waals surface area contributed by atoms with E-state index in [2.05, 4.69) is 22.9 Å². The van der Waals surface area contributed by atoms with Gasteiger partial charge in [0.2, 0.25) is 0 Å². The molecule has 0 N–H and O–H groups in total. The van der Waals surface area contributed by atoms with Crippen LogP contribution >= 0.6 is 8.03 Å². The van der Waals surface area contributed by atoms with Crippen LogP contribution in [0.2, 0.25) is 0 Å². The average molecular weight is 307 g/mol. The second kappa shape index (κ2) is 9.15. The molecular weight excluding hydrogens is 287 g/mol. The van der Waals surface area contributed by atoms with Crippen molar-refractivity contribution < 1.29 is 22.0 Å². The molecule has 1 unspecified atom stereocenters. The van der Waals surface area contributed by atoms with Crippen molar-refractivity contribution in [2.24, 2.45) is 0 Å². The molecule has 1 aromatic rings. The van der Waals surface area contributed by atoms with E-state index in [9.17, 15) is 13.0 Å². The zero-order chi connectivity index (χ0) is 14.9. The molecule has 0 aliphatic carbocycles. The number of hydrogen-bond donors (Lipinski definition) is 0. The topological polar surface area (TPSA) is 69.7 Å². The van der Waals surface area contributed by atoms with Gasteiger partial charge < -0.3 is 0 Å². The Morgan fingerprint density at radius 3 is 1.95 bits per heavy atom. The van der Waals surface area contributed by atoms with E-state index < -0.39 is 18.1 Å². The maximum atomic E-state index is 11.4. The normalized spacial score (nSPS) is 11.5. The summed E-state index contributed by atoms with van der Waals surface area (Å²) in [6, 6.07) is 6.03. The first-order valence-electron chi connectivity index (χ1n) is 5.92. The average Bonchev–Trinajstić information content (AvgIpc) is 2.37. The number of rotatable bonds is 5. The largest absolute Gasteiger partial charge is 0.537 e. The first-order valence-corrected chi connectivity index (χ1v) is 8.95. The number of unbranched alkanes of at least 4 members (excludes halogenated alkanes) is 1. The Balaban J connectivity index is 0.000000711. The van der Waals surface area contributed by atoms with Gasteiger partial charge in [-0.15, -0.1) is 0 Å². The summed E-state index contributed by atoms with van der Waals surface area (Å²) in [5, 5.41) is 0. The molecule has 5 nitrogen and oxygen atoms in total. The standard InChI is InChI=1S/C8H10O5PS.C4H10/c1-7-3-5-8(6-4-7)15(10,11)13-12-14(2)9;1-3-4-2/h3-6H,1-2H3;3-4H2,1-2H3/q+1;. The molecule has 0 amide bonds. The van der Waals surface area contributed by atoms with Crippen LogP contribution in [0.5, 0.6) is 0 Å². The lowest BCUT2D eigenvalue weighted by Gasteiger charge is -1.99. The smallest absolute Gasteiger partial charge is 0.191 e. The van der Waals surface area contributed by atoms with Gasteiger partial charge in [-0.25, -0.2) is 0 Å². The molecule has 0 bridgehead atoms. The van der Waals surface area contributed by atoms with Gasteiger partial charge in [-0.05, 0) is 23.6 Å². The predicted octanol–water partition coefficient (Wildman–Crippen LogP) is 3.81. The summed E-state index contributed by atoms with van der Waals surface area (Å²) in [6.07, 6.45) is 2.64. The highest BCUT2D eigenvalue weighted by Gasteiger charge is 2.21. The molecule has 0 aromatic heterocycles. The molecule has 108 valence electrons. The van der Waals surface area contributed by atoms with Gasteiger partial charge in [0.05, 0.1) is 4.90 Å². The zero-order valence-electron chi connectivity index (χ0n) is 11.6. The number of aryl methyl sites for hydroxylation is 1. The third-order valence-electron chi connectivity index (χ3n) is 2.03. The lowest BCUT2D eigenvalue weighted by molar-refractivity contribution is -0.0833. The molecule has 0 radical (unpaired) electrons. The fourth-order valence-electron chi connectivity index (χ4n) is 0.827. The quantitative estimate of drug-likeness (QED) is 0.470. The van der Waals surface area contributed by atoms with Crippen molar-refractivity contribution in [2.75, 3.05) is 6.66 Å². The van der Waals surface area contributed by atoms with Gasteiger partial charge in [-0.1, -0.05) is 48.7 Å². The second-order valence-electron chi connectivity index (χ2n) is 3.85. The van der Waals surface area contributed by atoms with Crippen molar-refractivity contribution in [1.29, 1.82) is 0 Å². The van der Waals surface area contributed by atoms with Crippen molar-refractivity contribution in [1.82, 2.24) is 0 Å². The van der Waals surface area contributed by atoms with Crippen LogP contribution < -0.4 is 0 Å². The fraction of sp³-hybridized carbons (Fsp3) is 0.500. The maximum absolute atomic E-state index is 11.4. The molecule has 0 saturated heterocycles. The summed E-state index contributed by atoms with van der Waals surface area (Å²) in [6.45, 7) is 7.39. The minimum atomic E-state index is -3.98. The highest BCUT2D eigenvalue weighted by molar-refractivity contribution is 7.86. The Kier molecular flexibility index (Phi) is 8.76. The van der Waals surface area contributed by atoms with Crippen molar-refractivity contribution in [3.63, 3.8) is 0 Å². The van der Waals surface area contributed by atoms with Crippen LogP contribution in [0, 0.1) is 6.92 Å². The molecule has 0 fully saturated rings. The van der Waals surface area contributed by atoms with Gasteiger partial charge in [0, 0.05) is 4.67 Å². The molecule has 1 rings (SSSR count). The van der Waals surface area contributed by atoms with Crippen LogP contribution in [0.1, 0.15) is 32.3 Å². The molecule has 19 heavy (non-hydrogen) atoms. The van der Waals surface area contributed by atoms with Crippen LogP contribution in [0.25, 0.3) is 0 Å². The molecule has 1 aromatic carbocycles. The van der Waals surface area contributed by atoms with E-state index in [1.807, 2.05) is 6.92 Å². The minimum absolute atomic E-state index is 0.0371. The third-order valence-corrected chi connectivity index (χ3v) is 3.52. The zero-order valence-corrected chi connectivity index (χ0v) is 13.3. The van der Waals surface area contributed by atoms with E-state index in [1.165, 1.54) is 31.6 Å². The summed E-state index contributed by atoms with van der Waals surface area (Å²) >= 11 is 0. The number of benzene rings is 1. The second-order valence-corrected chi connectivity index (χ2v) is 6.39. The van der Waals surface area contributed by atoms with Gasteiger partial charge in [0.25, 0.3) is 0 Å². The van der Waals surface area contributed by atoms with Crippen LogP contribution in [0.15, 0.2) is 29.2 Å². The maximum Gasteiger partial charge on any atom is 0.537 e. The van der Waals surface area contributed by atoms with E-state index >= 15 is 0 Å². The van der Waals surface area contributed by atoms with Crippen molar-refractivity contribution in [3.05, 3.63) is 29.8 Å². The third kappa shape index (κ3) is 8.06. The van der Waals surface area contributed by atoms with Gasteiger partial charge in [-0.3, -0.25) is 0 Å². The molecular formula is C12H20O5PS+. The molecule has 7 heteroatoms. The highest BCUT2D eigenvalue weighted by Crippen LogP contribution is 2.21. The Morgan fingerprint density at radius 1 is 1.11 bits per heavy atom. The Morgan fingerprint density at radius 2 is 1.58 bits per heavy atom. The van der Waals surface area contributed by atoms with Crippen LogP contribution in [0.3, 0.4) is 0 Å². The number of hydrogen-bond acceptors (Lipinski definition) is 5. The van der Waals surface area contributed by atoms with E-state index in [-0.39, 0.29) is 4.90 Å². The van der Waals surface area contributed by atoms with Crippen molar-refractivity contribution in [3.8, 4) is 0 Å². The summed E-state index contributed by atoms with van der Waals surface area (Å²) in [4.78, 5) is -0.0371. The molecule has 0 saturated carbocycles. The van der Waals surface area contributed by atoms with E-state index in [4.69, 9.17) is 0 Å². The monoisotopic (exact) mass is 307 g/mol. The Bertz CT molecular complexity index is 479. The Hall–Kier alpha value is -0.810. The molecule has 0 aliphatic heterocycles. The van der Waals surface area contributed by atoms with Crippen LogP contribution in [-0.4, -0.2) is 15.1 Å². The lowest BCUT2D eigenvalue weighted by Crippen LogP contribution is -2.04. The van der Waals surface area contributed by atoms with Gasteiger partial charge in [-0.2, -0.15) is 8.42 Å². The SMILES string of the molecule is CCCC.Cc1ccc(S(=O)(=O)OO[P+](C)=O)cc1. The predicted molar refractivity (Wildman–Crippen MR) is 74.6 cm³/mol. The van der Waals surface area contributed by atoms with Crippen molar-refractivity contribution >= 4 is 18.1 Å². The van der Waals surface area contributed by atoms with Gasteiger partial charge >= 0.3 is 18.1 Å². The van der Waals surface area contributed by atoms with Crippen LogP contribution in [0.4, 0.5) is 0 Å². The van der Waals surface area contributed by atoms with Crippen LogP contribution in [-0.2, 0) is 23.7 Å². The summed E-state index contributed by atoms with van der Waals surface area (Å²) in [5.41, 5.74) is 0.927. The van der Waals surface area contributed by atoms with E-state index in [0.29, 0.717) is 0 Å². The fourth-order valence-corrected chi connectivity index (χ4v) is 2.04. The van der Waals surface area contributed by atoms with Gasteiger partial charge in [0.1, 0.15) is 0 Å². The van der Waals surface area contributed by atoms with Crippen molar-refractivity contribution in [2.45, 2.75) is 38.5 Å². The summed E-state index contributed by atoms with van der Waals surface area (Å²) in [7, 11) is -6.09. The first kappa shape index (κ1) is 18.2.